The lowest BCUT2D eigenvalue weighted by Gasteiger charge is -2.07. The van der Waals surface area contributed by atoms with Gasteiger partial charge in [0.05, 0.1) is 11.7 Å². The maximum Gasteiger partial charge on any atom is 0.306 e. The molecule has 0 radical (unpaired) electrons. The highest BCUT2D eigenvalue weighted by molar-refractivity contribution is 7.89. The van der Waals surface area contributed by atoms with Crippen LogP contribution in [0.3, 0.4) is 0 Å². The van der Waals surface area contributed by atoms with Crippen molar-refractivity contribution in [3.63, 3.8) is 0 Å². The fourth-order valence-corrected chi connectivity index (χ4v) is 2.31. The molecule has 0 spiro atoms. The average molecular weight is 256 g/mol. The van der Waals surface area contributed by atoms with Crippen molar-refractivity contribution in [2.45, 2.75) is 19.1 Å². The maximum absolute atomic E-state index is 11.1. The SMILES string of the molecule is CC(Cc1ccc(CS(C)(=O)=O)cc1)C(=O)O. The van der Waals surface area contributed by atoms with Crippen molar-refractivity contribution in [2.75, 3.05) is 6.26 Å². The highest BCUT2D eigenvalue weighted by atomic mass is 32.2. The number of carbonyl (C=O) groups is 1. The molecule has 0 heterocycles. The molecule has 1 atom stereocenters. The molecule has 1 N–H and O–H groups in total. The second kappa shape index (κ2) is 5.31. The first kappa shape index (κ1) is 13.7. The van der Waals surface area contributed by atoms with Gasteiger partial charge in [-0.1, -0.05) is 31.2 Å². The molecule has 1 aromatic carbocycles. The van der Waals surface area contributed by atoms with Crippen LogP contribution in [0.25, 0.3) is 0 Å². The summed E-state index contributed by atoms with van der Waals surface area (Å²) < 4.78 is 22.1. The largest absolute Gasteiger partial charge is 0.481 e. The number of sulfone groups is 1. The first-order valence-electron chi connectivity index (χ1n) is 5.26. The predicted molar refractivity (Wildman–Crippen MR) is 65.5 cm³/mol. The van der Waals surface area contributed by atoms with Gasteiger partial charge in [0.1, 0.15) is 0 Å². The molecule has 0 bridgehead atoms. The third-order valence-corrected chi connectivity index (χ3v) is 3.27. The van der Waals surface area contributed by atoms with E-state index in [0.29, 0.717) is 6.42 Å². The first-order valence-corrected chi connectivity index (χ1v) is 7.32. The summed E-state index contributed by atoms with van der Waals surface area (Å²) in [6.45, 7) is 1.65. The lowest BCUT2D eigenvalue weighted by molar-refractivity contribution is -0.141. The van der Waals surface area contributed by atoms with Gasteiger partial charge in [0.2, 0.25) is 0 Å². The third kappa shape index (κ3) is 4.99. The van der Waals surface area contributed by atoms with E-state index in [0.717, 1.165) is 11.1 Å². The van der Waals surface area contributed by atoms with Gasteiger partial charge in [-0.3, -0.25) is 4.79 Å². The van der Waals surface area contributed by atoms with Gasteiger partial charge in [0.25, 0.3) is 0 Å². The number of carboxylic acids is 1. The van der Waals surface area contributed by atoms with E-state index in [-0.39, 0.29) is 5.75 Å². The number of aliphatic carboxylic acids is 1. The van der Waals surface area contributed by atoms with Crippen LogP contribution in [-0.2, 0) is 26.8 Å². The zero-order chi connectivity index (χ0) is 13.1. The molecule has 94 valence electrons. The Hall–Kier alpha value is -1.36. The molecular formula is C12H16O4S. The number of hydrogen-bond acceptors (Lipinski definition) is 3. The van der Waals surface area contributed by atoms with E-state index in [9.17, 15) is 13.2 Å². The molecule has 17 heavy (non-hydrogen) atoms. The fraction of sp³-hybridized carbons (Fsp3) is 0.417. The van der Waals surface area contributed by atoms with Crippen molar-refractivity contribution >= 4 is 15.8 Å². The summed E-state index contributed by atoms with van der Waals surface area (Å²) in [7, 11) is -3.02. The Labute approximate surface area is 101 Å². The average Bonchev–Trinajstić information content (AvgIpc) is 2.18. The van der Waals surface area contributed by atoms with Crippen LogP contribution in [0.1, 0.15) is 18.1 Å². The zero-order valence-corrected chi connectivity index (χ0v) is 10.7. The summed E-state index contributed by atoms with van der Waals surface area (Å²) in [4.78, 5) is 10.7. The van der Waals surface area contributed by atoms with Crippen molar-refractivity contribution in [3.8, 4) is 0 Å². The van der Waals surface area contributed by atoms with E-state index in [4.69, 9.17) is 5.11 Å². The Morgan fingerprint density at radius 3 is 2.12 bits per heavy atom. The van der Waals surface area contributed by atoms with Crippen LogP contribution in [0, 0.1) is 5.92 Å². The Kier molecular flexibility index (Phi) is 4.28. The van der Waals surface area contributed by atoms with Crippen LogP contribution in [-0.4, -0.2) is 25.7 Å². The van der Waals surface area contributed by atoms with Crippen LogP contribution in [0.15, 0.2) is 24.3 Å². The standard InChI is InChI=1S/C12H16O4S/c1-9(12(13)14)7-10-3-5-11(6-4-10)8-17(2,15)16/h3-6,9H,7-8H2,1-2H3,(H,13,14). The van der Waals surface area contributed by atoms with Crippen molar-refractivity contribution in [3.05, 3.63) is 35.4 Å². The topological polar surface area (TPSA) is 71.4 Å². The number of benzene rings is 1. The molecule has 0 aliphatic heterocycles. The molecule has 0 aliphatic rings. The second-order valence-corrected chi connectivity index (χ2v) is 6.47. The minimum Gasteiger partial charge on any atom is -0.481 e. The van der Waals surface area contributed by atoms with E-state index in [1.807, 2.05) is 0 Å². The molecular weight excluding hydrogens is 240 g/mol. The van der Waals surface area contributed by atoms with Gasteiger partial charge in [-0.2, -0.15) is 0 Å². The summed E-state index contributed by atoms with van der Waals surface area (Å²) in [5, 5.41) is 8.77. The molecule has 4 nitrogen and oxygen atoms in total. The summed E-state index contributed by atoms with van der Waals surface area (Å²) in [5.74, 6) is -1.25. The Morgan fingerprint density at radius 1 is 1.24 bits per heavy atom. The van der Waals surface area contributed by atoms with Crippen LogP contribution >= 0.6 is 0 Å². The molecule has 5 heteroatoms. The van der Waals surface area contributed by atoms with E-state index < -0.39 is 21.7 Å². The highest BCUT2D eigenvalue weighted by Gasteiger charge is 2.11. The van der Waals surface area contributed by atoms with Crippen LogP contribution in [0.5, 0.6) is 0 Å². The van der Waals surface area contributed by atoms with Gasteiger partial charge in [-0.25, -0.2) is 8.42 Å². The van der Waals surface area contributed by atoms with Crippen molar-refractivity contribution in [1.29, 1.82) is 0 Å². The molecule has 0 fully saturated rings. The number of hydrogen-bond donors (Lipinski definition) is 1. The quantitative estimate of drug-likeness (QED) is 0.866. The fourth-order valence-electron chi connectivity index (χ4n) is 1.52. The van der Waals surface area contributed by atoms with Gasteiger partial charge in [-0.05, 0) is 17.5 Å². The monoisotopic (exact) mass is 256 g/mol. The lowest BCUT2D eigenvalue weighted by atomic mass is 10.0. The molecule has 0 saturated heterocycles. The van der Waals surface area contributed by atoms with Gasteiger partial charge >= 0.3 is 5.97 Å². The Morgan fingerprint density at radius 2 is 1.71 bits per heavy atom. The van der Waals surface area contributed by atoms with Gasteiger partial charge in [0.15, 0.2) is 9.84 Å². The summed E-state index contributed by atoms with van der Waals surface area (Å²) in [5.41, 5.74) is 1.62. The van der Waals surface area contributed by atoms with Crippen molar-refractivity contribution in [1.82, 2.24) is 0 Å². The Balaban J connectivity index is 2.72. The minimum atomic E-state index is -3.02. The van der Waals surface area contributed by atoms with Crippen LogP contribution in [0.4, 0.5) is 0 Å². The highest BCUT2D eigenvalue weighted by Crippen LogP contribution is 2.12. The normalized spacial score (nSPS) is 13.3. The minimum absolute atomic E-state index is 0.0156. The van der Waals surface area contributed by atoms with E-state index >= 15 is 0 Å². The molecule has 1 unspecified atom stereocenters. The Bertz CT molecular complexity index is 488. The predicted octanol–water partition coefficient (Wildman–Crippen LogP) is 1.49. The van der Waals surface area contributed by atoms with E-state index in [1.165, 1.54) is 6.26 Å². The molecule has 0 aromatic heterocycles. The molecule has 1 rings (SSSR count). The lowest BCUT2D eigenvalue weighted by Crippen LogP contribution is -2.12. The zero-order valence-electron chi connectivity index (χ0n) is 9.88. The van der Waals surface area contributed by atoms with Crippen molar-refractivity contribution < 1.29 is 18.3 Å². The second-order valence-electron chi connectivity index (χ2n) is 4.33. The van der Waals surface area contributed by atoms with Gasteiger partial charge < -0.3 is 5.11 Å². The molecule has 1 aromatic rings. The van der Waals surface area contributed by atoms with Crippen LogP contribution in [0.2, 0.25) is 0 Å². The van der Waals surface area contributed by atoms with E-state index in [1.54, 1.807) is 31.2 Å². The number of rotatable bonds is 5. The summed E-state index contributed by atoms with van der Waals surface area (Å²) in [6, 6.07) is 7.01. The maximum atomic E-state index is 11.1. The third-order valence-electron chi connectivity index (χ3n) is 2.42. The molecule has 0 aliphatic carbocycles. The molecule has 0 saturated carbocycles. The van der Waals surface area contributed by atoms with Crippen LogP contribution < -0.4 is 0 Å². The van der Waals surface area contributed by atoms with Crippen molar-refractivity contribution in [2.24, 2.45) is 5.92 Å². The van der Waals surface area contributed by atoms with E-state index in [2.05, 4.69) is 0 Å². The number of carboxylic acid groups (broad SMARTS) is 1. The smallest absolute Gasteiger partial charge is 0.306 e. The first-order chi connectivity index (χ1) is 7.78. The van der Waals surface area contributed by atoms with Gasteiger partial charge in [-0.15, -0.1) is 0 Å². The summed E-state index contributed by atoms with van der Waals surface area (Å²) >= 11 is 0. The molecule has 0 amide bonds. The summed E-state index contributed by atoms with van der Waals surface area (Å²) in [6.07, 6.45) is 1.64. The van der Waals surface area contributed by atoms with Gasteiger partial charge in [0, 0.05) is 6.26 Å².